The van der Waals surface area contributed by atoms with Crippen molar-refractivity contribution in [2.45, 2.75) is 83.3 Å². The number of hydrogen-bond acceptors (Lipinski definition) is 4. The van der Waals surface area contributed by atoms with Crippen molar-refractivity contribution in [2.24, 2.45) is 0 Å². The van der Waals surface area contributed by atoms with Gasteiger partial charge in [0, 0.05) is 13.0 Å². The first-order valence-corrected chi connectivity index (χ1v) is 14.3. The minimum Gasteiger partial charge on any atom is -0.507 e. The van der Waals surface area contributed by atoms with Crippen LogP contribution < -0.4 is 5.32 Å². The highest BCUT2D eigenvalue weighted by molar-refractivity contribution is 8.01. The Morgan fingerprint density at radius 2 is 1.47 bits per heavy atom. The van der Waals surface area contributed by atoms with Gasteiger partial charge in [0.25, 0.3) is 5.91 Å². The molecule has 0 saturated carbocycles. The third-order valence-electron chi connectivity index (χ3n) is 6.05. The highest BCUT2D eigenvalue weighted by Crippen LogP contribution is 2.35. The second-order valence-corrected chi connectivity index (χ2v) is 10.1. The summed E-state index contributed by atoms with van der Waals surface area (Å²) < 4.78 is -0.353. The third kappa shape index (κ3) is 12.4. The summed E-state index contributed by atoms with van der Waals surface area (Å²) in [6.45, 7) is 6.73. The van der Waals surface area contributed by atoms with E-state index < -0.39 is 0 Å². The topological polar surface area (TPSA) is 66.4 Å². The predicted molar refractivity (Wildman–Crippen MR) is 156 cm³/mol. The van der Waals surface area contributed by atoms with Gasteiger partial charge in [-0.2, -0.15) is 0 Å². The van der Waals surface area contributed by atoms with Crippen LogP contribution >= 0.6 is 11.8 Å². The summed E-state index contributed by atoms with van der Waals surface area (Å²) in [6.07, 6.45) is 25.2. The molecule has 0 unspecified atom stereocenters. The van der Waals surface area contributed by atoms with E-state index >= 15 is 0 Å². The first-order valence-electron chi connectivity index (χ1n) is 13.3. The molecule has 4 nitrogen and oxygen atoms in total. The van der Waals surface area contributed by atoms with Gasteiger partial charge in [-0.15, -0.1) is 11.8 Å². The largest absolute Gasteiger partial charge is 0.507 e. The van der Waals surface area contributed by atoms with Crippen molar-refractivity contribution in [3.05, 3.63) is 78.4 Å². The van der Waals surface area contributed by atoms with E-state index in [1.807, 2.05) is 0 Å². The normalized spacial score (nSPS) is 12.4. The van der Waals surface area contributed by atoms with Gasteiger partial charge in [-0.05, 0) is 69.3 Å². The second kappa shape index (κ2) is 19.6. The molecule has 0 radical (unpaired) electrons. The number of carbonyl (C=O) groups excluding carboxylic acids is 2. The Kier molecular flexibility index (Phi) is 17.2. The van der Waals surface area contributed by atoms with E-state index in [0.717, 1.165) is 50.7 Å². The van der Waals surface area contributed by atoms with Gasteiger partial charge in [-0.1, -0.05) is 81.5 Å². The van der Waals surface area contributed by atoms with Gasteiger partial charge in [-0.25, -0.2) is 0 Å². The van der Waals surface area contributed by atoms with E-state index in [1.165, 1.54) is 6.07 Å². The van der Waals surface area contributed by atoms with Crippen molar-refractivity contribution in [3.8, 4) is 5.75 Å². The zero-order chi connectivity index (χ0) is 26.5. The number of hydrogen-bond donors (Lipinski definition) is 2. The number of allylic oxidation sites excluding steroid dienone is 8. The zero-order valence-corrected chi connectivity index (χ0v) is 23.2. The molecule has 1 aromatic rings. The molecule has 0 aromatic heterocycles. The van der Waals surface area contributed by atoms with E-state index in [1.54, 1.807) is 30.0 Å². The van der Waals surface area contributed by atoms with Crippen molar-refractivity contribution in [3.63, 3.8) is 0 Å². The van der Waals surface area contributed by atoms with E-state index in [9.17, 15) is 14.7 Å². The fourth-order valence-corrected chi connectivity index (χ4v) is 5.10. The van der Waals surface area contributed by atoms with Gasteiger partial charge in [0.1, 0.15) is 11.5 Å². The molecule has 0 aliphatic heterocycles. The average molecular weight is 512 g/mol. The van der Waals surface area contributed by atoms with Crippen LogP contribution in [0.1, 0.15) is 88.9 Å². The van der Waals surface area contributed by atoms with Gasteiger partial charge < -0.3 is 10.4 Å². The molecular formula is C31H45NO3S. The number of para-hydroxylation sites is 1. The number of carbonyl (C=O) groups is 2. The lowest BCUT2D eigenvalue weighted by atomic mass is 9.94. The monoisotopic (exact) mass is 511 g/mol. The van der Waals surface area contributed by atoms with Crippen molar-refractivity contribution >= 4 is 23.5 Å². The van der Waals surface area contributed by atoms with Gasteiger partial charge in [-0.3, -0.25) is 9.59 Å². The van der Waals surface area contributed by atoms with Crippen LogP contribution in [0.15, 0.2) is 72.9 Å². The van der Waals surface area contributed by atoms with Crippen molar-refractivity contribution in [1.82, 2.24) is 5.32 Å². The zero-order valence-electron chi connectivity index (χ0n) is 22.4. The summed E-state index contributed by atoms with van der Waals surface area (Å²) in [5, 5.41) is 12.6. The second-order valence-electron chi connectivity index (χ2n) is 8.64. The number of phenols is 1. The van der Waals surface area contributed by atoms with Crippen molar-refractivity contribution in [1.29, 1.82) is 0 Å². The number of rotatable bonds is 19. The number of benzene rings is 1. The lowest BCUT2D eigenvalue weighted by molar-refractivity contribution is -0.121. The molecule has 36 heavy (non-hydrogen) atoms. The van der Waals surface area contributed by atoms with Crippen LogP contribution in [0.5, 0.6) is 5.75 Å². The number of Topliss-reactive ketones (excluding diaryl/α,β-unsaturated/α-hetero) is 1. The third-order valence-corrected chi connectivity index (χ3v) is 7.84. The summed E-state index contributed by atoms with van der Waals surface area (Å²) >= 11 is 1.77. The molecule has 2 N–H and O–H groups in total. The molecule has 0 fully saturated rings. The highest BCUT2D eigenvalue weighted by atomic mass is 32.2. The molecule has 0 saturated heterocycles. The SMILES string of the molecule is CC/C=C\C/C=C\C/C=C\C/C=C\CCSC(CC)(CC)C(=O)CCCNC(=O)c1ccccc1O. The molecule has 1 aromatic carbocycles. The molecule has 0 bridgehead atoms. The summed E-state index contributed by atoms with van der Waals surface area (Å²) in [5.41, 5.74) is 0.256. The van der Waals surface area contributed by atoms with Crippen molar-refractivity contribution in [2.75, 3.05) is 12.3 Å². The molecule has 1 amide bonds. The van der Waals surface area contributed by atoms with Crippen LogP contribution in [0.3, 0.4) is 0 Å². The quantitative estimate of drug-likeness (QED) is 0.146. The minimum atomic E-state index is -0.353. The molecule has 0 aliphatic carbocycles. The fourth-order valence-electron chi connectivity index (χ4n) is 3.79. The standard InChI is InChI=1S/C31H45NO3S/c1-4-7-8-9-10-11-12-13-14-15-16-17-20-26-36-31(5-2,6-3)29(34)24-21-25-32-30(35)27-22-18-19-23-28(27)33/h7-8,10-11,13-14,16-19,22-23,33H,4-6,9,12,15,20-21,24-26H2,1-3H3,(H,32,35)/b8-7-,11-10-,14-13-,17-16-. The molecule has 0 heterocycles. The Balaban J connectivity index is 2.31. The van der Waals surface area contributed by atoms with Crippen LogP contribution in [-0.2, 0) is 4.79 Å². The number of ketones is 1. The lowest BCUT2D eigenvalue weighted by Crippen LogP contribution is -2.35. The Hall–Kier alpha value is -2.53. The molecular weight excluding hydrogens is 466 g/mol. The highest BCUT2D eigenvalue weighted by Gasteiger charge is 2.34. The van der Waals surface area contributed by atoms with Gasteiger partial charge in [0.2, 0.25) is 0 Å². The summed E-state index contributed by atoms with van der Waals surface area (Å²) in [5.74, 6) is 0.836. The maximum Gasteiger partial charge on any atom is 0.255 e. The summed E-state index contributed by atoms with van der Waals surface area (Å²) in [6, 6.07) is 6.47. The Morgan fingerprint density at radius 3 is 2.06 bits per heavy atom. The van der Waals surface area contributed by atoms with Crippen LogP contribution in [0.25, 0.3) is 0 Å². The number of amides is 1. The number of phenolic OH excluding ortho intramolecular Hbond substituents is 1. The van der Waals surface area contributed by atoms with Crippen molar-refractivity contribution < 1.29 is 14.7 Å². The van der Waals surface area contributed by atoms with Gasteiger partial charge in [0.15, 0.2) is 0 Å². The Morgan fingerprint density at radius 1 is 0.889 bits per heavy atom. The van der Waals surface area contributed by atoms with Crippen LogP contribution in [0.2, 0.25) is 0 Å². The van der Waals surface area contributed by atoms with Crippen LogP contribution in [0, 0.1) is 0 Å². The van der Waals surface area contributed by atoms with E-state index in [4.69, 9.17) is 0 Å². The smallest absolute Gasteiger partial charge is 0.255 e. The number of thioether (sulfide) groups is 1. The predicted octanol–water partition coefficient (Wildman–Crippen LogP) is 7.96. The molecule has 0 spiro atoms. The van der Waals surface area contributed by atoms with Gasteiger partial charge in [0.05, 0.1) is 10.3 Å². The van der Waals surface area contributed by atoms with Gasteiger partial charge >= 0.3 is 0 Å². The lowest BCUT2D eigenvalue weighted by Gasteiger charge is -2.29. The van der Waals surface area contributed by atoms with E-state index in [0.29, 0.717) is 19.4 Å². The average Bonchev–Trinajstić information content (AvgIpc) is 2.89. The Bertz CT molecular complexity index is 882. The molecule has 0 aliphatic rings. The van der Waals surface area contributed by atoms with E-state index in [2.05, 4.69) is 74.7 Å². The minimum absolute atomic E-state index is 0.0354. The molecule has 0 atom stereocenters. The summed E-state index contributed by atoms with van der Waals surface area (Å²) in [7, 11) is 0. The number of aromatic hydroxyl groups is 1. The Labute approximate surface area is 223 Å². The van der Waals surface area contributed by atoms with Crippen LogP contribution in [-0.4, -0.2) is 33.8 Å². The maximum atomic E-state index is 13.1. The first kappa shape index (κ1) is 31.5. The van der Waals surface area contributed by atoms with Crippen LogP contribution in [0.4, 0.5) is 0 Å². The molecule has 5 heteroatoms. The maximum absolute atomic E-state index is 13.1. The summed E-state index contributed by atoms with van der Waals surface area (Å²) in [4.78, 5) is 25.3. The fraction of sp³-hybridized carbons (Fsp3) is 0.484. The first-order chi connectivity index (χ1) is 17.5. The number of nitrogens with one attached hydrogen (secondary N) is 1. The van der Waals surface area contributed by atoms with E-state index in [-0.39, 0.29) is 27.8 Å². The molecule has 1 rings (SSSR count). The molecule has 198 valence electrons.